The quantitative estimate of drug-likeness (QED) is 0.649. The number of rotatable bonds is 2. The average Bonchev–Trinajstić information content (AvgIpc) is 2.61. The molecule has 1 aromatic heterocycles. The zero-order chi connectivity index (χ0) is 9.97. The molecule has 5 nitrogen and oxygen atoms in total. The van der Waals surface area contributed by atoms with E-state index in [1.807, 2.05) is 4.90 Å². The Hall–Kier alpha value is -1.36. The monoisotopic (exact) mass is 196 g/mol. The molecule has 2 rings (SSSR count). The van der Waals surface area contributed by atoms with Gasteiger partial charge in [0.1, 0.15) is 0 Å². The summed E-state index contributed by atoms with van der Waals surface area (Å²) in [6.07, 6.45) is 0.687. The molecule has 1 saturated heterocycles. The van der Waals surface area contributed by atoms with E-state index >= 15 is 0 Å². The summed E-state index contributed by atoms with van der Waals surface area (Å²) in [5, 5.41) is 0. The first-order valence-corrected chi connectivity index (χ1v) is 4.56. The molecule has 1 aliphatic rings. The van der Waals surface area contributed by atoms with Crippen molar-refractivity contribution in [3.8, 4) is 0 Å². The van der Waals surface area contributed by atoms with E-state index in [4.69, 9.17) is 9.15 Å². The highest BCUT2D eigenvalue weighted by Crippen LogP contribution is 2.17. The number of carbonyl (C=O) groups excluding carboxylic acids is 1. The Labute approximate surface area is 81.7 Å². The molecule has 0 unspecified atom stereocenters. The Morgan fingerprint density at radius 2 is 2.14 bits per heavy atom. The Balaban J connectivity index is 2.18. The van der Waals surface area contributed by atoms with Crippen LogP contribution in [0.1, 0.15) is 16.2 Å². The van der Waals surface area contributed by atoms with Crippen molar-refractivity contribution >= 4 is 12.3 Å². The van der Waals surface area contributed by atoms with Gasteiger partial charge in [0.05, 0.1) is 18.9 Å². The van der Waals surface area contributed by atoms with Crippen molar-refractivity contribution in [3.05, 3.63) is 11.5 Å². The van der Waals surface area contributed by atoms with Crippen LogP contribution in [0.3, 0.4) is 0 Å². The molecule has 76 valence electrons. The second kappa shape index (κ2) is 3.79. The summed E-state index contributed by atoms with van der Waals surface area (Å²) in [5.41, 5.74) is 0.640. The molecule has 0 radical (unpaired) electrons. The zero-order valence-corrected chi connectivity index (χ0v) is 8.02. The van der Waals surface area contributed by atoms with E-state index in [9.17, 15) is 4.79 Å². The van der Waals surface area contributed by atoms with Gasteiger partial charge in [0.15, 0.2) is 12.0 Å². The van der Waals surface area contributed by atoms with E-state index in [1.54, 1.807) is 6.92 Å². The van der Waals surface area contributed by atoms with Gasteiger partial charge in [0.2, 0.25) is 0 Å². The summed E-state index contributed by atoms with van der Waals surface area (Å²) in [6, 6.07) is 0.521. The maximum atomic E-state index is 10.5. The lowest BCUT2D eigenvalue weighted by atomic mass is 10.4. The van der Waals surface area contributed by atoms with E-state index in [-0.39, 0.29) is 0 Å². The normalized spacial score (nSPS) is 17.1. The number of morpholine rings is 1. The van der Waals surface area contributed by atoms with E-state index in [2.05, 4.69) is 4.98 Å². The van der Waals surface area contributed by atoms with Crippen LogP contribution in [0.5, 0.6) is 0 Å². The van der Waals surface area contributed by atoms with Crippen LogP contribution in [-0.4, -0.2) is 37.6 Å². The molecule has 0 aliphatic carbocycles. The van der Waals surface area contributed by atoms with Crippen LogP contribution in [0.2, 0.25) is 0 Å². The van der Waals surface area contributed by atoms with Gasteiger partial charge < -0.3 is 14.1 Å². The number of aromatic nitrogens is 1. The van der Waals surface area contributed by atoms with Gasteiger partial charge in [-0.2, -0.15) is 4.98 Å². The molecule has 0 aromatic carbocycles. The number of ether oxygens (including phenoxy) is 1. The molecular formula is C9H12N2O3. The van der Waals surface area contributed by atoms with Gasteiger partial charge in [-0.15, -0.1) is 0 Å². The van der Waals surface area contributed by atoms with Crippen molar-refractivity contribution in [1.29, 1.82) is 0 Å². The maximum absolute atomic E-state index is 10.5. The molecule has 1 aromatic rings. The van der Waals surface area contributed by atoms with Crippen molar-refractivity contribution in [2.75, 3.05) is 31.2 Å². The summed E-state index contributed by atoms with van der Waals surface area (Å²) >= 11 is 0. The molecule has 1 aliphatic heterocycles. The van der Waals surface area contributed by atoms with Crippen LogP contribution >= 0.6 is 0 Å². The summed E-state index contributed by atoms with van der Waals surface area (Å²) < 4.78 is 10.5. The summed E-state index contributed by atoms with van der Waals surface area (Å²) in [6.45, 7) is 4.64. The highest BCUT2D eigenvalue weighted by molar-refractivity contribution is 5.72. The van der Waals surface area contributed by atoms with Crippen LogP contribution in [0.25, 0.3) is 0 Å². The van der Waals surface area contributed by atoms with Gasteiger partial charge in [0.25, 0.3) is 6.01 Å². The van der Waals surface area contributed by atoms with Crippen LogP contribution in [-0.2, 0) is 4.74 Å². The van der Waals surface area contributed by atoms with Crippen LogP contribution in [0, 0.1) is 6.92 Å². The molecule has 0 spiro atoms. The second-order valence-corrected chi connectivity index (χ2v) is 3.16. The number of carbonyl (C=O) groups is 1. The summed E-state index contributed by atoms with van der Waals surface area (Å²) in [4.78, 5) is 16.7. The molecule has 0 saturated carbocycles. The average molecular weight is 196 g/mol. The van der Waals surface area contributed by atoms with Gasteiger partial charge in [-0.05, 0) is 6.92 Å². The number of nitrogens with zero attached hydrogens (tertiary/aromatic N) is 2. The van der Waals surface area contributed by atoms with Gasteiger partial charge in [-0.25, -0.2) is 0 Å². The van der Waals surface area contributed by atoms with Crippen LogP contribution in [0.4, 0.5) is 6.01 Å². The molecule has 5 heteroatoms. The SMILES string of the molecule is Cc1nc(N2CCOCC2)oc1C=O. The zero-order valence-electron chi connectivity index (χ0n) is 8.02. The molecule has 1 fully saturated rings. The minimum Gasteiger partial charge on any atom is -0.420 e. The fourth-order valence-corrected chi connectivity index (χ4v) is 1.39. The first kappa shape index (κ1) is 9.21. The van der Waals surface area contributed by atoms with Crippen molar-refractivity contribution in [2.24, 2.45) is 0 Å². The van der Waals surface area contributed by atoms with Crippen LogP contribution < -0.4 is 4.90 Å². The van der Waals surface area contributed by atoms with Gasteiger partial charge in [-0.1, -0.05) is 0 Å². The van der Waals surface area contributed by atoms with Crippen molar-refractivity contribution in [2.45, 2.75) is 6.92 Å². The van der Waals surface area contributed by atoms with Crippen molar-refractivity contribution in [3.63, 3.8) is 0 Å². The number of oxazole rings is 1. The fourth-order valence-electron chi connectivity index (χ4n) is 1.39. The number of hydrogen-bond acceptors (Lipinski definition) is 5. The lowest BCUT2D eigenvalue weighted by Crippen LogP contribution is -2.36. The van der Waals surface area contributed by atoms with E-state index in [0.29, 0.717) is 37.0 Å². The number of hydrogen-bond donors (Lipinski definition) is 0. The first-order valence-electron chi connectivity index (χ1n) is 4.56. The van der Waals surface area contributed by atoms with Gasteiger partial charge in [-0.3, -0.25) is 4.79 Å². The molecular weight excluding hydrogens is 184 g/mol. The van der Waals surface area contributed by atoms with E-state index in [0.717, 1.165) is 13.1 Å². The lowest BCUT2D eigenvalue weighted by Gasteiger charge is -2.24. The van der Waals surface area contributed by atoms with E-state index < -0.39 is 0 Å². The third-order valence-electron chi connectivity index (χ3n) is 2.21. The number of aryl methyl sites for hydroxylation is 1. The Kier molecular flexibility index (Phi) is 2.49. The lowest BCUT2D eigenvalue weighted by molar-refractivity contribution is 0.109. The Morgan fingerprint density at radius 3 is 2.71 bits per heavy atom. The third-order valence-corrected chi connectivity index (χ3v) is 2.21. The second-order valence-electron chi connectivity index (χ2n) is 3.16. The molecule has 0 atom stereocenters. The Morgan fingerprint density at radius 1 is 1.43 bits per heavy atom. The number of anilines is 1. The summed E-state index contributed by atoms with van der Waals surface area (Å²) in [5.74, 6) is 0.312. The molecule has 14 heavy (non-hydrogen) atoms. The molecule has 0 N–H and O–H groups in total. The van der Waals surface area contributed by atoms with Crippen molar-refractivity contribution in [1.82, 2.24) is 4.98 Å². The first-order chi connectivity index (χ1) is 6.81. The summed E-state index contributed by atoms with van der Waals surface area (Å²) in [7, 11) is 0. The Bertz CT molecular complexity index is 329. The minimum absolute atomic E-state index is 0.312. The smallest absolute Gasteiger partial charge is 0.298 e. The highest BCUT2D eigenvalue weighted by atomic mass is 16.5. The third kappa shape index (κ3) is 1.63. The molecule has 2 heterocycles. The van der Waals surface area contributed by atoms with Crippen LogP contribution in [0.15, 0.2) is 4.42 Å². The fraction of sp³-hybridized carbons (Fsp3) is 0.556. The molecule has 0 amide bonds. The molecule has 0 bridgehead atoms. The van der Waals surface area contributed by atoms with E-state index in [1.165, 1.54) is 0 Å². The van der Waals surface area contributed by atoms with Crippen molar-refractivity contribution < 1.29 is 13.9 Å². The van der Waals surface area contributed by atoms with Gasteiger partial charge >= 0.3 is 0 Å². The topological polar surface area (TPSA) is 55.6 Å². The predicted molar refractivity (Wildman–Crippen MR) is 49.7 cm³/mol. The minimum atomic E-state index is 0.312. The largest absolute Gasteiger partial charge is 0.420 e. The standard InChI is InChI=1S/C9H12N2O3/c1-7-8(6-12)14-9(10-7)11-2-4-13-5-3-11/h6H,2-5H2,1H3. The maximum Gasteiger partial charge on any atom is 0.298 e. The predicted octanol–water partition coefficient (Wildman–Crippen LogP) is 0.632. The van der Waals surface area contributed by atoms with Gasteiger partial charge in [0, 0.05) is 13.1 Å². The highest BCUT2D eigenvalue weighted by Gasteiger charge is 2.17. The number of aldehydes is 1.